The summed E-state index contributed by atoms with van der Waals surface area (Å²) in [6.45, 7) is 1.96. The Morgan fingerprint density at radius 1 is 1.12 bits per heavy atom. The van der Waals surface area contributed by atoms with E-state index >= 15 is 0 Å². The highest BCUT2D eigenvalue weighted by molar-refractivity contribution is 5.91. The summed E-state index contributed by atoms with van der Waals surface area (Å²) in [6.07, 6.45) is -4.65. The molecule has 0 fully saturated rings. The second-order valence-electron chi connectivity index (χ2n) is 5.87. The molecule has 3 aromatic rings. The van der Waals surface area contributed by atoms with E-state index in [2.05, 4.69) is 10.5 Å². The molecule has 0 aliphatic heterocycles. The number of nitrogens with zero attached hydrogens (tertiary/aromatic N) is 1. The number of amides is 1. The molecule has 134 valence electrons. The number of hydrogen-bond donors (Lipinski definition) is 1. The number of benzene rings is 2. The summed E-state index contributed by atoms with van der Waals surface area (Å²) in [7, 11) is 0. The minimum absolute atomic E-state index is 0.137. The topological polar surface area (TPSA) is 55.1 Å². The number of carbonyl (C=O) groups excluding carboxylic acids is 1. The first-order chi connectivity index (χ1) is 12.3. The van der Waals surface area contributed by atoms with E-state index in [9.17, 15) is 18.0 Å². The number of aromatic nitrogens is 1. The Morgan fingerprint density at radius 2 is 1.85 bits per heavy atom. The van der Waals surface area contributed by atoms with E-state index in [1.54, 1.807) is 6.07 Å². The van der Waals surface area contributed by atoms with Crippen LogP contribution in [0.25, 0.3) is 11.3 Å². The molecule has 26 heavy (non-hydrogen) atoms. The molecule has 0 saturated heterocycles. The van der Waals surface area contributed by atoms with Crippen molar-refractivity contribution in [3.8, 4) is 11.3 Å². The van der Waals surface area contributed by atoms with Gasteiger partial charge in [0, 0.05) is 11.6 Å². The standard InChI is InChI=1S/C19H15F3N2O2/c1-12-5-7-14(8-6-12)16-11-18(26-24-16)23-17(25)10-13-3-2-4-15(9-13)19(20,21)22/h2-9,11H,10H2,1H3,(H,23,25). The first kappa shape index (κ1) is 17.7. The molecule has 0 saturated carbocycles. The van der Waals surface area contributed by atoms with E-state index < -0.39 is 17.6 Å². The van der Waals surface area contributed by atoms with Crippen LogP contribution >= 0.6 is 0 Å². The highest BCUT2D eigenvalue weighted by atomic mass is 19.4. The highest BCUT2D eigenvalue weighted by Gasteiger charge is 2.30. The first-order valence-electron chi connectivity index (χ1n) is 7.81. The van der Waals surface area contributed by atoms with E-state index in [-0.39, 0.29) is 17.9 Å². The molecule has 0 spiro atoms. The van der Waals surface area contributed by atoms with Gasteiger partial charge < -0.3 is 4.52 Å². The lowest BCUT2D eigenvalue weighted by Crippen LogP contribution is -2.14. The zero-order valence-electron chi connectivity index (χ0n) is 13.8. The molecule has 4 nitrogen and oxygen atoms in total. The highest BCUT2D eigenvalue weighted by Crippen LogP contribution is 2.29. The van der Waals surface area contributed by atoms with Crippen LogP contribution in [0, 0.1) is 6.92 Å². The van der Waals surface area contributed by atoms with Gasteiger partial charge >= 0.3 is 6.18 Å². The maximum atomic E-state index is 12.7. The summed E-state index contributed by atoms with van der Waals surface area (Å²) in [5.41, 5.74) is 1.96. The third-order valence-corrected chi connectivity index (χ3v) is 3.74. The lowest BCUT2D eigenvalue weighted by molar-refractivity contribution is -0.137. The number of alkyl halides is 3. The Balaban J connectivity index is 1.67. The Morgan fingerprint density at radius 3 is 2.54 bits per heavy atom. The Labute approximate surface area is 147 Å². The van der Waals surface area contributed by atoms with Crippen LogP contribution in [0.1, 0.15) is 16.7 Å². The second kappa shape index (κ2) is 7.03. The van der Waals surface area contributed by atoms with Gasteiger partial charge in [0.25, 0.3) is 0 Å². The second-order valence-corrected chi connectivity index (χ2v) is 5.87. The number of anilines is 1. The van der Waals surface area contributed by atoms with Crippen molar-refractivity contribution in [2.75, 3.05) is 5.32 Å². The Bertz CT molecular complexity index is 915. The van der Waals surface area contributed by atoms with Crippen LogP contribution in [0.15, 0.2) is 59.1 Å². The quantitative estimate of drug-likeness (QED) is 0.724. The van der Waals surface area contributed by atoms with Crippen molar-refractivity contribution in [3.63, 3.8) is 0 Å². The predicted molar refractivity (Wildman–Crippen MR) is 90.5 cm³/mol. The first-order valence-corrected chi connectivity index (χ1v) is 7.81. The molecule has 0 unspecified atom stereocenters. The fourth-order valence-corrected chi connectivity index (χ4v) is 2.42. The van der Waals surface area contributed by atoms with Gasteiger partial charge in [-0.3, -0.25) is 10.1 Å². The molecule has 1 amide bonds. The van der Waals surface area contributed by atoms with Gasteiger partial charge in [-0.25, -0.2) is 0 Å². The van der Waals surface area contributed by atoms with Crippen LogP contribution in [0.4, 0.5) is 19.1 Å². The summed E-state index contributed by atoms with van der Waals surface area (Å²) < 4.78 is 43.2. The van der Waals surface area contributed by atoms with Crippen LogP contribution in [0.2, 0.25) is 0 Å². The number of carbonyl (C=O) groups is 1. The number of hydrogen-bond acceptors (Lipinski definition) is 3. The molecule has 0 radical (unpaired) electrons. The Kier molecular flexibility index (Phi) is 4.79. The van der Waals surface area contributed by atoms with Crippen molar-refractivity contribution in [2.45, 2.75) is 19.5 Å². The lowest BCUT2D eigenvalue weighted by Gasteiger charge is -2.08. The molecule has 0 atom stereocenters. The Hall–Kier alpha value is -3.09. The number of nitrogens with one attached hydrogen (secondary N) is 1. The molecular formula is C19H15F3N2O2. The van der Waals surface area contributed by atoms with Crippen molar-refractivity contribution in [2.24, 2.45) is 0 Å². The smallest absolute Gasteiger partial charge is 0.338 e. The van der Waals surface area contributed by atoms with E-state index in [0.29, 0.717) is 5.69 Å². The molecule has 0 aliphatic carbocycles. The van der Waals surface area contributed by atoms with Crippen molar-refractivity contribution in [1.82, 2.24) is 5.16 Å². The van der Waals surface area contributed by atoms with Crippen molar-refractivity contribution in [1.29, 1.82) is 0 Å². The van der Waals surface area contributed by atoms with Crippen LogP contribution in [-0.2, 0) is 17.4 Å². The lowest BCUT2D eigenvalue weighted by atomic mass is 10.1. The van der Waals surface area contributed by atoms with Gasteiger partial charge in [-0.15, -0.1) is 0 Å². The summed E-state index contributed by atoms with van der Waals surface area (Å²) in [4.78, 5) is 12.1. The summed E-state index contributed by atoms with van der Waals surface area (Å²) >= 11 is 0. The van der Waals surface area contributed by atoms with Gasteiger partial charge in [-0.2, -0.15) is 13.2 Å². The molecule has 7 heteroatoms. The predicted octanol–water partition coefficient (Wildman–Crippen LogP) is 4.85. The maximum Gasteiger partial charge on any atom is 0.416 e. The van der Waals surface area contributed by atoms with E-state index in [0.717, 1.165) is 23.3 Å². The van der Waals surface area contributed by atoms with Gasteiger partial charge in [0.05, 0.1) is 12.0 Å². The number of rotatable bonds is 4. The van der Waals surface area contributed by atoms with E-state index in [1.807, 2.05) is 31.2 Å². The van der Waals surface area contributed by atoms with Gasteiger partial charge in [0.1, 0.15) is 5.69 Å². The number of aryl methyl sites for hydroxylation is 1. The summed E-state index contributed by atoms with van der Waals surface area (Å²) in [5, 5.41) is 6.38. The monoisotopic (exact) mass is 360 g/mol. The molecule has 0 bridgehead atoms. The molecule has 1 aromatic heterocycles. The molecule has 1 N–H and O–H groups in total. The van der Waals surface area contributed by atoms with Gasteiger partial charge in [0.2, 0.25) is 11.8 Å². The maximum absolute atomic E-state index is 12.7. The summed E-state index contributed by atoms with van der Waals surface area (Å²) in [5.74, 6) is -0.353. The average Bonchev–Trinajstić information content (AvgIpc) is 3.03. The van der Waals surface area contributed by atoms with Crippen LogP contribution < -0.4 is 5.32 Å². The van der Waals surface area contributed by atoms with Crippen LogP contribution in [0.3, 0.4) is 0 Å². The minimum atomic E-state index is -4.44. The van der Waals surface area contributed by atoms with Crippen LogP contribution in [-0.4, -0.2) is 11.1 Å². The molecular weight excluding hydrogens is 345 g/mol. The molecule has 2 aromatic carbocycles. The zero-order chi connectivity index (χ0) is 18.7. The van der Waals surface area contributed by atoms with Crippen molar-refractivity contribution >= 4 is 11.8 Å². The van der Waals surface area contributed by atoms with Gasteiger partial charge in [0.15, 0.2) is 0 Å². The fourth-order valence-electron chi connectivity index (χ4n) is 2.42. The summed E-state index contributed by atoms with van der Waals surface area (Å²) in [6, 6.07) is 13.8. The normalized spacial score (nSPS) is 11.4. The minimum Gasteiger partial charge on any atom is -0.338 e. The zero-order valence-corrected chi connectivity index (χ0v) is 13.8. The molecule has 1 heterocycles. The van der Waals surface area contributed by atoms with Crippen molar-refractivity contribution in [3.05, 3.63) is 71.3 Å². The van der Waals surface area contributed by atoms with Gasteiger partial charge in [-0.1, -0.05) is 53.2 Å². The van der Waals surface area contributed by atoms with E-state index in [1.165, 1.54) is 12.1 Å². The van der Waals surface area contributed by atoms with E-state index in [4.69, 9.17) is 4.52 Å². The number of halogens is 3. The largest absolute Gasteiger partial charge is 0.416 e. The molecule has 3 rings (SSSR count). The van der Waals surface area contributed by atoms with Gasteiger partial charge in [-0.05, 0) is 18.6 Å². The average molecular weight is 360 g/mol. The third kappa shape index (κ3) is 4.30. The van der Waals surface area contributed by atoms with Crippen LogP contribution in [0.5, 0.6) is 0 Å². The third-order valence-electron chi connectivity index (χ3n) is 3.74. The SMILES string of the molecule is Cc1ccc(-c2cc(NC(=O)Cc3cccc(C(F)(F)F)c3)on2)cc1. The fraction of sp³-hybridized carbons (Fsp3) is 0.158. The van der Waals surface area contributed by atoms with Crippen molar-refractivity contribution < 1.29 is 22.5 Å². The molecule has 0 aliphatic rings.